The molecular weight excluding hydrogens is 593 g/mol. The number of ether oxygens (including phenoxy) is 4. The molecule has 3 atom stereocenters. The molecule has 0 spiro atoms. The Morgan fingerprint density at radius 2 is 1.88 bits per heavy atom. The van der Waals surface area contributed by atoms with E-state index in [4.69, 9.17) is 30.5 Å². The normalized spacial score (nSPS) is 16.9. The lowest BCUT2D eigenvalue weighted by Gasteiger charge is -2.25. The molecule has 0 unspecified atom stereocenters. The Balaban J connectivity index is 1.71. The quantitative estimate of drug-likeness (QED) is 0.309. The molecule has 224 valence electrons. The topological polar surface area (TPSA) is 140 Å². The lowest BCUT2D eigenvalue weighted by Crippen LogP contribution is -2.32. The third-order valence-electron chi connectivity index (χ3n) is 6.03. The summed E-state index contributed by atoms with van der Waals surface area (Å²) < 4.78 is 89.4. The van der Waals surface area contributed by atoms with Crippen LogP contribution in [0.4, 0.5) is 13.2 Å². The van der Waals surface area contributed by atoms with Crippen LogP contribution in [-0.2, 0) is 25.1 Å². The average molecular weight is 621 g/mol. The number of alkyl halides is 3. The van der Waals surface area contributed by atoms with Crippen molar-refractivity contribution in [2.24, 2.45) is 0 Å². The lowest BCUT2D eigenvalue weighted by molar-refractivity contribution is -0.154. The van der Waals surface area contributed by atoms with Gasteiger partial charge in [0.1, 0.15) is 24.3 Å². The van der Waals surface area contributed by atoms with E-state index in [1.807, 2.05) is 0 Å². The number of hydrogen-bond donors (Lipinski definition) is 0. The summed E-state index contributed by atoms with van der Waals surface area (Å²) in [5.74, 6) is -0.625. The zero-order valence-electron chi connectivity index (χ0n) is 22.5. The number of pyridine rings is 1. The Morgan fingerprint density at radius 3 is 2.51 bits per heavy atom. The molecule has 41 heavy (non-hydrogen) atoms. The van der Waals surface area contributed by atoms with E-state index in [1.165, 1.54) is 38.7 Å². The minimum absolute atomic E-state index is 0.0610. The summed E-state index contributed by atoms with van der Waals surface area (Å²) in [5, 5.41) is 7.51. The highest BCUT2D eigenvalue weighted by Crippen LogP contribution is 2.41. The van der Waals surface area contributed by atoms with Crippen molar-refractivity contribution in [3.63, 3.8) is 0 Å². The fraction of sp³-hybridized carbons (Fsp3) is 0.542. The molecule has 17 heteroatoms. The molecule has 3 aromatic rings. The van der Waals surface area contributed by atoms with Crippen LogP contribution in [0.25, 0.3) is 11.4 Å². The zero-order valence-corrected chi connectivity index (χ0v) is 24.1. The maximum absolute atomic E-state index is 13.7. The van der Waals surface area contributed by atoms with Crippen LogP contribution in [0, 0.1) is 0 Å². The smallest absolute Gasteiger partial charge is 0.422 e. The highest BCUT2D eigenvalue weighted by Gasteiger charge is 2.38. The van der Waals surface area contributed by atoms with Crippen LogP contribution in [0.3, 0.4) is 0 Å². The van der Waals surface area contributed by atoms with Crippen LogP contribution in [0.1, 0.15) is 44.6 Å². The van der Waals surface area contributed by atoms with Crippen LogP contribution in [-0.4, -0.2) is 82.6 Å². The Morgan fingerprint density at radius 1 is 1.17 bits per heavy atom. The fourth-order valence-corrected chi connectivity index (χ4v) is 5.68. The molecule has 0 saturated carbocycles. The first-order valence-corrected chi connectivity index (χ1v) is 14.5. The molecule has 1 aliphatic rings. The Labute approximate surface area is 239 Å². The molecule has 0 saturated heterocycles. The minimum Gasteiger partial charge on any atom is -0.485 e. The third-order valence-corrected chi connectivity index (χ3v) is 8.27. The molecule has 0 fully saturated rings. The molecule has 0 aliphatic carbocycles. The van der Waals surface area contributed by atoms with Gasteiger partial charge in [-0.2, -0.15) is 13.2 Å². The second-order valence-corrected chi connectivity index (χ2v) is 12.3. The maximum Gasteiger partial charge on any atom is 0.422 e. The van der Waals surface area contributed by atoms with Crippen molar-refractivity contribution in [3.8, 4) is 23.0 Å². The van der Waals surface area contributed by atoms with Crippen molar-refractivity contribution in [2.45, 2.75) is 56.2 Å². The molecule has 4 rings (SSSR count). The molecule has 0 amide bonds. The second-order valence-electron chi connectivity index (χ2n) is 9.50. The predicted octanol–water partition coefficient (Wildman–Crippen LogP) is 3.77. The SMILES string of the molecule is COC[C@@H]1COc2c(ccnc2OCC(F)(F)F)-c2nnc(CS(=O)(=O)[C@@H](C)[C@@H](OC(C)C)c3ncc(Cl)cn3)n21. The maximum atomic E-state index is 13.7. The molecule has 0 N–H and O–H groups in total. The summed E-state index contributed by atoms with van der Waals surface area (Å²) in [6.07, 6.45) is -2.01. The molecule has 0 aromatic carbocycles. The van der Waals surface area contributed by atoms with Crippen molar-refractivity contribution in [2.75, 3.05) is 26.9 Å². The number of methoxy groups -OCH3 is 1. The van der Waals surface area contributed by atoms with Gasteiger partial charge in [0.2, 0.25) is 0 Å². The number of sulfone groups is 1. The first kappa shape index (κ1) is 30.9. The van der Waals surface area contributed by atoms with Crippen molar-refractivity contribution >= 4 is 21.4 Å². The Hall–Kier alpha value is -3.08. The number of halogens is 4. The summed E-state index contributed by atoms with van der Waals surface area (Å²) in [7, 11) is -2.54. The molecule has 1 aliphatic heterocycles. The Bertz CT molecular complexity index is 1460. The summed E-state index contributed by atoms with van der Waals surface area (Å²) in [6.45, 7) is 3.38. The zero-order chi connectivity index (χ0) is 29.9. The monoisotopic (exact) mass is 620 g/mol. The van der Waals surface area contributed by atoms with Gasteiger partial charge in [0.25, 0.3) is 5.88 Å². The van der Waals surface area contributed by atoms with Crippen LogP contribution < -0.4 is 9.47 Å². The van der Waals surface area contributed by atoms with E-state index < -0.39 is 45.8 Å². The van der Waals surface area contributed by atoms with Gasteiger partial charge in [-0.15, -0.1) is 10.2 Å². The number of aromatic nitrogens is 6. The van der Waals surface area contributed by atoms with Gasteiger partial charge in [-0.3, -0.25) is 0 Å². The van der Waals surface area contributed by atoms with Gasteiger partial charge in [-0.05, 0) is 26.8 Å². The van der Waals surface area contributed by atoms with E-state index in [1.54, 1.807) is 18.4 Å². The predicted molar refractivity (Wildman–Crippen MR) is 139 cm³/mol. The van der Waals surface area contributed by atoms with E-state index >= 15 is 0 Å². The molecule has 3 aromatic heterocycles. The van der Waals surface area contributed by atoms with Crippen LogP contribution in [0.15, 0.2) is 24.7 Å². The first-order chi connectivity index (χ1) is 19.3. The van der Waals surface area contributed by atoms with Crippen molar-refractivity contribution in [1.29, 1.82) is 0 Å². The second kappa shape index (κ2) is 12.4. The van der Waals surface area contributed by atoms with Crippen LogP contribution >= 0.6 is 11.6 Å². The number of fused-ring (bicyclic) bond motifs is 3. The van der Waals surface area contributed by atoms with Gasteiger partial charge < -0.3 is 23.5 Å². The van der Waals surface area contributed by atoms with Gasteiger partial charge in [-0.1, -0.05) is 11.6 Å². The average Bonchev–Trinajstić information content (AvgIpc) is 3.23. The first-order valence-electron chi connectivity index (χ1n) is 12.4. The fourth-order valence-electron chi connectivity index (χ4n) is 4.20. The highest BCUT2D eigenvalue weighted by molar-refractivity contribution is 7.91. The lowest BCUT2D eigenvalue weighted by atomic mass is 10.2. The molecular formula is C24H28ClF3N6O6S. The molecule has 0 radical (unpaired) electrons. The standard InChI is InChI=1S/C24H28ClF3N6O6S/c1-13(2)40-19(21-30-7-15(25)8-31-21)14(3)41(35,36)11-18-32-33-22-17-5-6-29-23(39-12-24(26,27)28)20(17)38-10-16(9-37-4)34(18)22/h5-8,13-14,16,19H,9-12H2,1-4H3/t14-,16+,19+/m0/s1. The van der Waals surface area contributed by atoms with Crippen molar-refractivity contribution in [3.05, 3.63) is 41.3 Å². The van der Waals surface area contributed by atoms with Gasteiger partial charge >= 0.3 is 6.18 Å². The van der Waals surface area contributed by atoms with Gasteiger partial charge in [0, 0.05) is 25.7 Å². The molecule has 0 bridgehead atoms. The Kier molecular flexibility index (Phi) is 9.35. The largest absolute Gasteiger partial charge is 0.485 e. The van der Waals surface area contributed by atoms with Gasteiger partial charge in [-0.25, -0.2) is 23.4 Å². The summed E-state index contributed by atoms with van der Waals surface area (Å²) in [4.78, 5) is 12.2. The van der Waals surface area contributed by atoms with Crippen LogP contribution in [0.5, 0.6) is 11.6 Å². The van der Waals surface area contributed by atoms with Crippen molar-refractivity contribution < 1.29 is 40.5 Å². The third kappa shape index (κ3) is 7.23. The number of rotatable bonds is 11. The summed E-state index contributed by atoms with van der Waals surface area (Å²) in [5.41, 5.74) is 0.232. The van der Waals surface area contributed by atoms with E-state index in [2.05, 4.69) is 25.1 Å². The van der Waals surface area contributed by atoms with E-state index in [0.29, 0.717) is 0 Å². The van der Waals surface area contributed by atoms with Crippen molar-refractivity contribution in [1.82, 2.24) is 29.7 Å². The molecule has 12 nitrogen and oxygen atoms in total. The number of nitrogens with zero attached hydrogens (tertiary/aromatic N) is 6. The molecule has 4 heterocycles. The van der Waals surface area contributed by atoms with E-state index in [-0.39, 0.29) is 59.0 Å². The minimum atomic E-state index is -4.60. The van der Waals surface area contributed by atoms with Gasteiger partial charge in [0.15, 0.2) is 33.8 Å². The van der Waals surface area contributed by atoms with Gasteiger partial charge in [0.05, 0.1) is 34.6 Å². The van der Waals surface area contributed by atoms with Crippen LogP contribution in [0.2, 0.25) is 5.02 Å². The summed E-state index contributed by atoms with van der Waals surface area (Å²) >= 11 is 5.91. The summed E-state index contributed by atoms with van der Waals surface area (Å²) in [6, 6.07) is 0.840. The highest BCUT2D eigenvalue weighted by atomic mass is 35.5. The van der Waals surface area contributed by atoms with E-state index in [0.717, 1.165) is 0 Å². The number of hydrogen-bond acceptors (Lipinski definition) is 11. The van der Waals surface area contributed by atoms with E-state index in [9.17, 15) is 21.6 Å².